The molecule has 1 N–H and O–H groups in total. The van der Waals surface area contributed by atoms with Gasteiger partial charge in [0.2, 0.25) is 0 Å². The van der Waals surface area contributed by atoms with Crippen LogP contribution in [-0.4, -0.2) is 19.6 Å². The van der Waals surface area contributed by atoms with Crippen molar-refractivity contribution in [3.8, 4) is 67.5 Å². The van der Waals surface area contributed by atoms with E-state index in [0.29, 0.717) is 33.7 Å². The fourth-order valence-corrected chi connectivity index (χ4v) is 7.67. The van der Waals surface area contributed by atoms with Gasteiger partial charge in [-0.3, -0.25) is 9.55 Å². The summed E-state index contributed by atoms with van der Waals surface area (Å²) in [4.78, 5) is 10.3. The summed E-state index contributed by atoms with van der Waals surface area (Å²) in [5.41, 5.74) is 11.7. The minimum absolute atomic E-state index is 0. The average molecular weight is 974 g/mol. The molecular weight excluding hydrogens is 914 g/mol. The Hall–Kier alpha value is -5.57. The first-order valence-corrected chi connectivity index (χ1v) is 20.4. The zero-order valence-corrected chi connectivity index (χ0v) is 37.9. The third-order valence-corrected chi connectivity index (χ3v) is 11.1. The van der Waals surface area contributed by atoms with E-state index in [4.69, 9.17) is 18.2 Å². The number of pyridine rings is 1. The van der Waals surface area contributed by atoms with Crippen LogP contribution in [0.3, 0.4) is 0 Å². The molecule has 0 radical (unpaired) electrons. The quantitative estimate of drug-likeness (QED) is 0.147. The maximum absolute atomic E-state index is 12.3. The molecule has 6 aromatic carbocycles. The Kier molecular flexibility index (Phi) is 10.1. The van der Waals surface area contributed by atoms with Crippen molar-refractivity contribution in [1.29, 1.82) is 0 Å². The van der Waals surface area contributed by atoms with E-state index in [1.807, 2.05) is 56.3 Å². The molecular formula is C55H54N3OPt-. The summed E-state index contributed by atoms with van der Waals surface area (Å²) in [5, 5.41) is 12.3. The second-order valence-electron chi connectivity index (χ2n) is 17.2. The maximum atomic E-state index is 12.3. The van der Waals surface area contributed by atoms with E-state index in [9.17, 15) is 5.11 Å². The zero-order chi connectivity index (χ0) is 46.9. The van der Waals surface area contributed by atoms with E-state index in [1.54, 1.807) is 18.3 Å². The second kappa shape index (κ2) is 17.2. The van der Waals surface area contributed by atoms with Gasteiger partial charge in [0.15, 0.2) is 0 Å². The molecule has 60 heavy (non-hydrogen) atoms. The Morgan fingerprint density at radius 3 is 2.08 bits per heavy atom. The summed E-state index contributed by atoms with van der Waals surface area (Å²) >= 11 is 0. The molecule has 0 aliphatic carbocycles. The van der Waals surface area contributed by atoms with E-state index in [2.05, 4.69) is 108 Å². The molecule has 0 saturated heterocycles. The molecule has 0 aliphatic rings. The predicted octanol–water partition coefficient (Wildman–Crippen LogP) is 14.9. The van der Waals surface area contributed by atoms with Crippen molar-refractivity contribution < 1.29 is 34.4 Å². The van der Waals surface area contributed by atoms with Gasteiger partial charge in [-0.05, 0) is 86.9 Å². The number of imidazole rings is 1. The number of aromatic hydroxyl groups is 1. The van der Waals surface area contributed by atoms with Crippen LogP contribution in [0, 0.1) is 6.07 Å². The number of hydrogen-bond acceptors (Lipinski definition) is 3. The fraction of sp³-hybridized carbons (Fsp3) is 0.236. The molecule has 0 bridgehead atoms. The molecule has 0 saturated carbocycles. The molecule has 0 atom stereocenters. The van der Waals surface area contributed by atoms with E-state index in [1.165, 1.54) is 0 Å². The molecule has 0 spiro atoms. The van der Waals surface area contributed by atoms with E-state index in [0.717, 1.165) is 55.7 Å². The number of para-hydroxylation sites is 1. The van der Waals surface area contributed by atoms with E-state index >= 15 is 0 Å². The first-order valence-electron chi connectivity index (χ1n) is 23.4. The number of phenols is 1. The zero-order valence-electron chi connectivity index (χ0n) is 41.7. The standard InChI is InChI=1S/C55H54N3O.Pt/c1-34(2)39-23-24-50(47(30-39)38-19-14-11-15-20-38)58-51-22-16-21-45(52(51)57-54(58)48-32-41(35(3)4)31-46(36(5)6)53(48)59)42-27-43(29-44(28-42)55(7,8)9)49-33-40(25-26-56-49)37-17-12-10-13-18-37;/h10-26,28-36,59H,1-9H3;/q-1;/i10D,12D,13D,17D,18D,34D;. The van der Waals surface area contributed by atoms with E-state index < -0.39 is 24.0 Å². The van der Waals surface area contributed by atoms with Crippen LogP contribution in [0.5, 0.6) is 5.75 Å². The Balaban J connectivity index is 0.00000648. The Bertz CT molecular complexity index is 3120. The summed E-state index contributed by atoms with van der Waals surface area (Å²) in [7, 11) is 0. The molecule has 306 valence electrons. The number of benzene rings is 6. The van der Waals surface area contributed by atoms with Crippen LogP contribution in [0.2, 0.25) is 0 Å². The third kappa shape index (κ3) is 8.28. The van der Waals surface area contributed by atoms with Crippen molar-refractivity contribution in [3.05, 3.63) is 168 Å². The Labute approximate surface area is 379 Å². The largest absolute Gasteiger partial charge is 0.507 e. The first kappa shape index (κ1) is 35.2. The molecule has 4 nitrogen and oxygen atoms in total. The average Bonchev–Trinajstić information content (AvgIpc) is 3.66. The van der Waals surface area contributed by atoms with Gasteiger partial charge >= 0.3 is 0 Å². The van der Waals surface area contributed by atoms with Crippen molar-refractivity contribution in [2.75, 3.05) is 0 Å². The van der Waals surface area contributed by atoms with Gasteiger partial charge in [0.1, 0.15) is 11.6 Å². The van der Waals surface area contributed by atoms with Crippen molar-refractivity contribution in [2.45, 2.75) is 85.5 Å². The van der Waals surface area contributed by atoms with Crippen LogP contribution < -0.4 is 0 Å². The number of phenolic OH excluding ortho intramolecular Hbond substituents is 1. The minimum Gasteiger partial charge on any atom is -0.507 e. The number of rotatable bonds is 9. The van der Waals surface area contributed by atoms with Gasteiger partial charge < -0.3 is 5.11 Å². The minimum atomic E-state index is -0.861. The summed E-state index contributed by atoms with van der Waals surface area (Å²) in [6.07, 6.45) is 1.60. The third-order valence-electron chi connectivity index (χ3n) is 11.1. The van der Waals surface area contributed by atoms with Crippen molar-refractivity contribution in [1.82, 2.24) is 14.5 Å². The van der Waals surface area contributed by atoms with Crippen LogP contribution >= 0.6 is 0 Å². The number of aromatic nitrogens is 3. The fourth-order valence-electron chi connectivity index (χ4n) is 7.67. The number of hydrogen-bond donors (Lipinski definition) is 1. The summed E-state index contributed by atoms with van der Waals surface area (Å²) in [6, 6.07) is 36.1. The molecule has 5 heteroatoms. The normalized spacial score (nSPS) is 13.4. The topological polar surface area (TPSA) is 50.9 Å². The van der Waals surface area contributed by atoms with Gasteiger partial charge in [-0.1, -0.05) is 164 Å². The number of nitrogens with zero attached hydrogens (tertiary/aromatic N) is 3. The molecule has 2 heterocycles. The molecule has 2 aromatic heterocycles. The van der Waals surface area contributed by atoms with Crippen LogP contribution in [0.1, 0.15) is 111 Å². The molecule has 8 rings (SSSR count). The molecule has 0 unspecified atom stereocenters. The SMILES string of the molecule is [2H]c1c([2H])c([2H])c(-c2ccnc(-c3[c-]c(-c4cccc5c4nc(-c4cc(C(C)C)cc(C(C)C)c4O)n5-c4ccc(C([2H])(C)C)cc4-c4ccccc4)cc(C(C)(C)C)c3)c2)c([2H])c1[2H].[Pt]. The number of fused-ring (bicyclic) bond motifs is 1. The van der Waals surface area contributed by atoms with Crippen molar-refractivity contribution >= 4 is 11.0 Å². The summed E-state index contributed by atoms with van der Waals surface area (Å²) in [5.74, 6) is 0.116. The maximum Gasteiger partial charge on any atom is 0.148 e. The van der Waals surface area contributed by atoms with E-state index in [-0.39, 0.29) is 61.7 Å². The van der Waals surface area contributed by atoms with Gasteiger partial charge in [-0.25, -0.2) is 4.98 Å². The van der Waals surface area contributed by atoms with Crippen molar-refractivity contribution in [3.63, 3.8) is 0 Å². The van der Waals surface area contributed by atoms with Gasteiger partial charge in [-0.2, -0.15) is 0 Å². The molecule has 0 aliphatic heterocycles. The monoisotopic (exact) mass is 973 g/mol. The summed E-state index contributed by atoms with van der Waals surface area (Å²) < 4.78 is 53.3. The molecule has 8 aromatic rings. The van der Waals surface area contributed by atoms with Gasteiger partial charge in [0.05, 0.1) is 29.1 Å². The van der Waals surface area contributed by atoms with Crippen molar-refractivity contribution in [2.24, 2.45) is 0 Å². The predicted molar refractivity (Wildman–Crippen MR) is 248 cm³/mol. The second-order valence-corrected chi connectivity index (χ2v) is 17.2. The first-order chi connectivity index (χ1) is 30.6. The molecule has 0 fully saturated rings. The van der Waals surface area contributed by atoms with Crippen LogP contribution in [-0.2, 0) is 26.5 Å². The van der Waals surface area contributed by atoms with Gasteiger partial charge in [0, 0.05) is 39.9 Å². The summed E-state index contributed by atoms with van der Waals surface area (Å²) in [6.45, 7) is 18.7. The molecule has 0 amide bonds. The Morgan fingerprint density at radius 1 is 0.683 bits per heavy atom. The van der Waals surface area contributed by atoms with Crippen LogP contribution in [0.25, 0.3) is 72.7 Å². The van der Waals surface area contributed by atoms with Gasteiger partial charge in [-0.15, -0.1) is 29.3 Å². The van der Waals surface area contributed by atoms with Gasteiger partial charge in [0.25, 0.3) is 0 Å². The van der Waals surface area contributed by atoms with Crippen LogP contribution in [0.4, 0.5) is 0 Å². The smallest absolute Gasteiger partial charge is 0.148 e. The van der Waals surface area contributed by atoms with Crippen LogP contribution in [0.15, 0.2) is 140 Å². The Morgan fingerprint density at radius 2 is 1.40 bits per heavy atom.